The second-order valence-corrected chi connectivity index (χ2v) is 3.82. The predicted molar refractivity (Wildman–Crippen MR) is 42.2 cm³/mol. The van der Waals surface area contributed by atoms with Gasteiger partial charge in [-0.25, -0.2) is 0 Å². The second kappa shape index (κ2) is 3.01. The molecule has 2 atom stereocenters. The molecule has 2 unspecified atom stereocenters. The molecule has 1 aliphatic heterocycles. The van der Waals surface area contributed by atoms with Crippen LogP contribution in [0.4, 0.5) is 0 Å². The van der Waals surface area contributed by atoms with Gasteiger partial charge in [-0.15, -0.1) is 0 Å². The van der Waals surface area contributed by atoms with Crippen LogP contribution in [-0.4, -0.2) is 10.7 Å². The van der Waals surface area contributed by atoms with E-state index in [1.807, 2.05) is 0 Å². The quantitative estimate of drug-likeness (QED) is 0.454. The molecule has 1 aliphatic rings. The molecule has 1 rings (SSSR count). The fourth-order valence-corrected chi connectivity index (χ4v) is 1.42. The van der Waals surface area contributed by atoms with E-state index in [1.54, 1.807) is 0 Å². The van der Waals surface area contributed by atoms with Crippen LogP contribution in [0.5, 0.6) is 0 Å². The van der Waals surface area contributed by atoms with E-state index >= 15 is 0 Å². The van der Waals surface area contributed by atoms with Crippen molar-refractivity contribution in [2.75, 3.05) is 6.61 Å². The minimum Gasteiger partial charge on any atom is -0.368 e. The zero-order chi connectivity index (χ0) is 5.98. The van der Waals surface area contributed by atoms with E-state index in [-0.39, 0.29) is 0 Å². The smallest absolute Gasteiger partial charge is 0.108 e. The first-order chi connectivity index (χ1) is 3.79. The molecule has 1 nitrogen and oxygen atoms in total. The summed E-state index contributed by atoms with van der Waals surface area (Å²) in [4.78, 5) is 0. The van der Waals surface area contributed by atoms with Gasteiger partial charge in [-0.05, 0) is 18.8 Å². The summed E-state index contributed by atoms with van der Waals surface area (Å²) in [5.41, 5.74) is 0. The van der Waals surface area contributed by atoms with Crippen LogP contribution in [0.3, 0.4) is 0 Å². The number of ether oxygens (including phenoxy) is 1. The highest BCUT2D eigenvalue weighted by atomic mass is 127. The number of rotatable bonds is 0. The Morgan fingerprint density at radius 1 is 1.50 bits per heavy atom. The highest BCUT2D eigenvalue weighted by Crippen LogP contribution is 2.21. The third-order valence-electron chi connectivity index (χ3n) is 1.45. The van der Waals surface area contributed by atoms with Crippen molar-refractivity contribution in [3.05, 3.63) is 0 Å². The molecule has 0 amide bonds. The van der Waals surface area contributed by atoms with E-state index < -0.39 is 0 Å². The van der Waals surface area contributed by atoms with Gasteiger partial charge in [-0.3, -0.25) is 0 Å². The van der Waals surface area contributed by atoms with E-state index in [1.165, 1.54) is 12.8 Å². The molecule has 1 heterocycles. The topological polar surface area (TPSA) is 9.23 Å². The van der Waals surface area contributed by atoms with Crippen LogP contribution in [0, 0.1) is 5.92 Å². The molecule has 48 valence electrons. The largest absolute Gasteiger partial charge is 0.368 e. The van der Waals surface area contributed by atoms with E-state index in [4.69, 9.17) is 4.74 Å². The van der Waals surface area contributed by atoms with Crippen LogP contribution in [-0.2, 0) is 4.74 Å². The molecule has 0 aliphatic carbocycles. The van der Waals surface area contributed by atoms with Gasteiger partial charge in [0.15, 0.2) is 0 Å². The standard InChI is InChI=1S/C6H11IO/c1-5-2-3-6(7)8-4-5/h5-6H,2-4H2,1H3. The lowest BCUT2D eigenvalue weighted by Gasteiger charge is -2.22. The van der Waals surface area contributed by atoms with E-state index in [0.717, 1.165) is 12.5 Å². The van der Waals surface area contributed by atoms with Gasteiger partial charge in [-0.1, -0.05) is 29.5 Å². The van der Waals surface area contributed by atoms with Crippen molar-refractivity contribution >= 4 is 22.6 Å². The molecule has 0 N–H and O–H groups in total. The van der Waals surface area contributed by atoms with Crippen molar-refractivity contribution in [3.8, 4) is 0 Å². The van der Waals surface area contributed by atoms with Gasteiger partial charge < -0.3 is 4.74 Å². The summed E-state index contributed by atoms with van der Waals surface area (Å²) in [6, 6.07) is 0. The Bertz CT molecular complexity index is 56.9. The first kappa shape index (κ1) is 6.81. The summed E-state index contributed by atoms with van der Waals surface area (Å²) in [7, 11) is 0. The van der Waals surface area contributed by atoms with Crippen molar-refractivity contribution in [1.29, 1.82) is 0 Å². The summed E-state index contributed by atoms with van der Waals surface area (Å²) in [5, 5.41) is 0. The first-order valence-electron chi connectivity index (χ1n) is 3.04. The zero-order valence-electron chi connectivity index (χ0n) is 5.06. The van der Waals surface area contributed by atoms with Crippen molar-refractivity contribution in [3.63, 3.8) is 0 Å². The summed E-state index contributed by atoms with van der Waals surface area (Å²) in [6.45, 7) is 3.20. The van der Waals surface area contributed by atoms with Crippen LogP contribution in [0.15, 0.2) is 0 Å². The van der Waals surface area contributed by atoms with Crippen molar-refractivity contribution in [2.45, 2.75) is 23.9 Å². The molecule has 0 aromatic rings. The predicted octanol–water partition coefficient (Wildman–Crippen LogP) is 2.19. The molecule has 0 saturated carbocycles. The average Bonchev–Trinajstić information content (AvgIpc) is 1.77. The number of hydrogen-bond acceptors (Lipinski definition) is 1. The maximum Gasteiger partial charge on any atom is 0.108 e. The van der Waals surface area contributed by atoms with Crippen molar-refractivity contribution < 1.29 is 4.74 Å². The number of hydrogen-bond donors (Lipinski definition) is 0. The van der Waals surface area contributed by atoms with E-state index in [9.17, 15) is 0 Å². The third-order valence-corrected chi connectivity index (χ3v) is 2.43. The van der Waals surface area contributed by atoms with E-state index in [2.05, 4.69) is 29.5 Å². The Hall–Kier alpha value is 0.690. The maximum absolute atomic E-state index is 5.38. The molecular formula is C6H11IO. The monoisotopic (exact) mass is 226 g/mol. The van der Waals surface area contributed by atoms with Crippen LogP contribution >= 0.6 is 22.6 Å². The Morgan fingerprint density at radius 2 is 2.25 bits per heavy atom. The third kappa shape index (κ3) is 1.90. The van der Waals surface area contributed by atoms with Crippen molar-refractivity contribution in [1.82, 2.24) is 0 Å². The zero-order valence-corrected chi connectivity index (χ0v) is 7.22. The van der Waals surface area contributed by atoms with Gasteiger partial charge in [0.2, 0.25) is 0 Å². The molecule has 0 aromatic carbocycles. The van der Waals surface area contributed by atoms with Gasteiger partial charge in [0.05, 0.1) is 6.61 Å². The lowest BCUT2D eigenvalue weighted by Crippen LogP contribution is -2.18. The molecule has 0 radical (unpaired) electrons. The summed E-state index contributed by atoms with van der Waals surface area (Å²) in [5.74, 6) is 0.793. The van der Waals surface area contributed by atoms with Crippen LogP contribution in [0.25, 0.3) is 0 Å². The highest BCUT2D eigenvalue weighted by molar-refractivity contribution is 14.1. The molecular weight excluding hydrogens is 215 g/mol. The SMILES string of the molecule is CC1CCC(I)OC1. The minimum atomic E-state index is 0.490. The normalized spacial score (nSPS) is 39.8. The first-order valence-corrected chi connectivity index (χ1v) is 4.29. The van der Waals surface area contributed by atoms with E-state index in [0.29, 0.717) is 4.11 Å². The molecule has 1 saturated heterocycles. The van der Waals surface area contributed by atoms with Crippen LogP contribution in [0.1, 0.15) is 19.8 Å². The fraction of sp³-hybridized carbons (Fsp3) is 1.00. The van der Waals surface area contributed by atoms with Crippen LogP contribution in [0.2, 0.25) is 0 Å². The average molecular weight is 226 g/mol. The Morgan fingerprint density at radius 3 is 2.62 bits per heavy atom. The molecule has 1 fully saturated rings. The second-order valence-electron chi connectivity index (χ2n) is 2.43. The van der Waals surface area contributed by atoms with Gasteiger partial charge in [0.1, 0.15) is 4.11 Å². The van der Waals surface area contributed by atoms with Gasteiger partial charge in [0, 0.05) is 0 Å². The summed E-state index contributed by atoms with van der Waals surface area (Å²) in [6.07, 6.45) is 2.58. The minimum absolute atomic E-state index is 0.490. The highest BCUT2D eigenvalue weighted by Gasteiger charge is 2.14. The number of halogens is 1. The van der Waals surface area contributed by atoms with Gasteiger partial charge in [0.25, 0.3) is 0 Å². The maximum atomic E-state index is 5.38. The van der Waals surface area contributed by atoms with Gasteiger partial charge in [-0.2, -0.15) is 0 Å². The Kier molecular flexibility index (Phi) is 2.56. The molecule has 0 aromatic heterocycles. The summed E-state index contributed by atoms with van der Waals surface area (Å²) >= 11 is 2.34. The van der Waals surface area contributed by atoms with Crippen LogP contribution < -0.4 is 0 Å². The lowest BCUT2D eigenvalue weighted by molar-refractivity contribution is 0.0495. The lowest BCUT2D eigenvalue weighted by atomic mass is 10.1. The summed E-state index contributed by atoms with van der Waals surface area (Å²) < 4.78 is 5.87. The molecule has 2 heteroatoms. The Labute approximate surface area is 63.9 Å². The molecule has 8 heavy (non-hydrogen) atoms. The van der Waals surface area contributed by atoms with Gasteiger partial charge >= 0.3 is 0 Å². The molecule has 0 bridgehead atoms. The van der Waals surface area contributed by atoms with Crippen molar-refractivity contribution in [2.24, 2.45) is 5.92 Å². The Balaban J connectivity index is 2.19. The molecule has 0 spiro atoms. The fourth-order valence-electron chi connectivity index (χ4n) is 0.851. The number of alkyl halides is 1.